The monoisotopic (exact) mass is 535 g/mol. The van der Waals surface area contributed by atoms with Gasteiger partial charge in [0.1, 0.15) is 12.4 Å². The van der Waals surface area contributed by atoms with Crippen molar-refractivity contribution in [2.75, 3.05) is 51.8 Å². The highest BCUT2D eigenvalue weighted by atomic mass is 19.1. The molecule has 0 saturated carbocycles. The number of rotatable bonds is 9. The first kappa shape index (κ1) is 27.8. The summed E-state index contributed by atoms with van der Waals surface area (Å²) in [4.78, 5) is 31.5. The van der Waals surface area contributed by atoms with Gasteiger partial charge in [0.05, 0.1) is 25.5 Å². The molecule has 1 aliphatic rings. The summed E-state index contributed by atoms with van der Waals surface area (Å²) in [5.74, 6) is 0.762. The van der Waals surface area contributed by atoms with Gasteiger partial charge in [0.15, 0.2) is 17.3 Å². The van der Waals surface area contributed by atoms with E-state index < -0.39 is 11.7 Å². The number of aromatic nitrogens is 2. The number of methoxy groups -OCH3 is 2. The third kappa shape index (κ3) is 6.27. The molecule has 4 rings (SSSR count). The molecular weight excluding hydrogens is 501 g/mol. The number of anilines is 1. The number of carbonyl (C=O) groups is 2. The Morgan fingerprint density at radius 1 is 0.974 bits per heavy atom. The fourth-order valence-electron chi connectivity index (χ4n) is 4.51. The summed E-state index contributed by atoms with van der Waals surface area (Å²) >= 11 is 0. The van der Waals surface area contributed by atoms with Crippen LogP contribution in [0.2, 0.25) is 0 Å². The summed E-state index contributed by atoms with van der Waals surface area (Å²) < 4.78 is 25.0. The molecule has 0 aliphatic carbocycles. The highest BCUT2D eigenvalue weighted by Crippen LogP contribution is 2.31. The first-order valence-corrected chi connectivity index (χ1v) is 13.0. The molecule has 0 spiro atoms. The average molecular weight is 536 g/mol. The maximum Gasteiger partial charge on any atom is 0.257 e. The zero-order valence-electron chi connectivity index (χ0n) is 22.8. The van der Waals surface area contributed by atoms with Gasteiger partial charge in [0.25, 0.3) is 5.91 Å². The topological polar surface area (TPSA) is 88.1 Å². The molecular formula is C29H34FN5O4. The molecule has 39 heavy (non-hydrogen) atoms. The number of amides is 2. The fourth-order valence-corrected chi connectivity index (χ4v) is 4.51. The third-order valence-electron chi connectivity index (χ3n) is 7.08. The maximum absolute atomic E-state index is 14.3. The predicted octanol–water partition coefficient (Wildman–Crippen LogP) is 3.89. The number of hydrogen-bond donors (Lipinski definition) is 0. The van der Waals surface area contributed by atoms with Gasteiger partial charge in [-0.3, -0.25) is 9.59 Å². The van der Waals surface area contributed by atoms with Crippen molar-refractivity contribution in [2.24, 2.45) is 0 Å². The van der Waals surface area contributed by atoms with Crippen LogP contribution in [0.15, 0.2) is 54.6 Å². The van der Waals surface area contributed by atoms with Crippen LogP contribution in [0.4, 0.5) is 10.2 Å². The first-order valence-electron chi connectivity index (χ1n) is 13.0. The number of halogens is 1. The molecule has 1 fully saturated rings. The van der Waals surface area contributed by atoms with Crippen LogP contribution in [0.1, 0.15) is 30.6 Å². The van der Waals surface area contributed by atoms with Crippen molar-refractivity contribution in [3.8, 4) is 22.8 Å². The van der Waals surface area contributed by atoms with E-state index in [1.54, 1.807) is 31.3 Å². The standard InChI is InChI=1S/C29H34FN5O4/c1-5-20(2)35(29(37)22-8-6-7-9-23(22)30)19-28(36)34-16-14-33(15-17-34)27-13-11-24(31-32-27)21-10-12-25(38-3)26(18-21)39-4/h6-13,18,20H,5,14-17,19H2,1-4H3/t20-/m0/s1. The zero-order chi connectivity index (χ0) is 27.9. The van der Waals surface area contributed by atoms with Crippen molar-refractivity contribution >= 4 is 17.6 Å². The summed E-state index contributed by atoms with van der Waals surface area (Å²) in [6, 6.07) is 15.1. The van der Waals surface area contributed by atoms with Gasteiger partial charge >= 0.3 is 0 Å². The van der Waals surface area contributed by atoms with E-state index in [0.29, 0.717) is 49.8 Å². The second-order valence-electron chi connectivity index (χ2n) is 9.38. The molecule has 0 unspecified atom stereocenters. The van der Waals surface area contributed by atoms with Crippen LogP contribution < -0.4 is 14.4 Å². The van der Waals surface area contributed by atoms with Gasteiger partial charge in [-0.05, 0) is 55.8 Å². The van der Waals surface area contributed by atoms with E-state index >= 15 is 0 Å². The molecule has 206 valence electrons. The molecule has 0 bridgehead atoms. The second-order valence-corrected chi connectivity index (χ2v) is 9.38. The molecule has 1 aromatic heterocycles. The van der Waals surface area contributed by atoms with Gasteiger partial charge in [-0.2, -0.15) is 0 Å². The molecule has 0 radical (unpaired) electrons. The molecule has 3 aromatic rings. The van der Waals surface area contributed by atoms with Crippen LogP contribution in [0.5, 0.6) is 11.5 Å². The van der Waals surface area contributed by atoms with E-state index in [4.69, 9.17) is 9.47 Å². The summed E-state index contributed by atoms with van der Waals surface area (Å²) in [5.41, 5.74) is 1.54. The molecule has 10 heteroatoms. The Balaban J connectivity index is 1.37. The second kappa shape index (κ2) is 12.6. The molecule has 1 atom stereocenters. The summed E-state index contributed by atoms with van der Waals surface area (Å²) in [6.07, 6.45) is 0.652. The smallest absolute Gasteiger partial charge is 0.257 e. The molecule has 0 N–H and O–H groups in total. The van der Waals surface area contributed by atoms with E-state index in [2.05, 4.69) is 15.1 Å². The quantitative estimate of drug-likeness (QED) is 0.411. The average Bonchev–Trinajstić information content (AvgIpc) is 2.99. The minimum absolute atomic E-state index is 0.0227. The largest absolute Gasteiger partial charge is 0.493 e. The van der Waals surface area contributed by atoms with Crippen LogP contribution in [0.3, 0.4) is 0 Å². The third-order valence-corrected chi connectivity index (χ3v) is 7.08. The van der Waals surface area contributed by atoms with Gasteiger partial charge < -0.3 is 24.2 Å². The Labute approximate surface area is 228 Å². The Kier molecular flexibility index (Phi) is 8.96. The van der Waals surface area contributed by atoms with Crippen molar-refractivity contribution in [3.05, 3.63) is 66.0 Å². The lowest BCUT2D eigenvalue weighted by Crippen LogP contribution is -2.53. The number of nitrogens with zero attached hydrogens (tertiary/aromatic N) is 5. The van der Waals surface area contributed by atoms with Crippen molar-refractivity contribution in [1.29, 1.82) is 0 Å². The van der Waals surface area contributed by atoms with E-state index in [1.165, 1.54) is 17.0 Å². The van der Waals surface area contributed by atoms with E-state index in [0.717, 1.165) is 11.4 Å². The van der Waals surface area contributed by atoms with Gasteiger partial charge in [-0.15, -0.1) is 10.2 Å². The van der Waals surface area contributed by atoms with Gasteiger partial charge in [-0.1, -0.05) is 19.1 Å². The van der Waals surface area contributed by atoms with Crippen LogP contribution in [0.25, 0.3) is 11.3 Å². The van der Waals surface area contributed by atoms with Crippen molar-refractivity contribution in [1.82, 2.24) is 20.0 Å². The number of piperazine rings is 1. The normalized spacial score (nSPS) is 14.1. The van der Waals surface area contributed by atoms with E-state index in [1.807, 2.05) is 44.2 Å². The highest BCUT2D eigenvalue weighted by molar-refractivity contribution is 5.97. The summed E-state index contributed by atoms with van der Waals surface area (Å²) in [5, 5.41) is 8.80. The van der Waals surface area contributed by atoms with E-state index in [-0.39, 0.29) is 24.1 Å². The lowest BCUT2D eigenvalue weighted by atomic mass is 10.1. The maximum atomic E-state index is 14.3. The van der Waals surface area contributed by atoms with Gasteiger partial charge in [0.2, 0.25) is 5.91 Å². The minimum Gasteiger partial charge on any atom is -0.493 e. The van der Waals surface area contributed by atoms with Crippen molar-refractivity contribution in [3.63, 3.8) is 0 Å². The van der Waals surface area contributed by atoms with Crippen LogP contribution in [-0.2, 0) is 4.79 Å². The SMILES string of the molecule is CC[C@H](C)N(CC(=O)N1CCN(c2ccc(-c3ccc(OC)c(OC)c3)nn2)CC1)C(=O)c1ccccc1F. The predicted molar refractivity (Wildman–Crippen MR) is 147 cm³/mol. The Morgan fingerprint density at radius 2 is 1.69 bits per heavy atom. The van der Waals surface area contributed by atoms with Gasteiger partial charge in [0, 0.05) is 37.8 Å². The number of hydrogen-bond acceptors (Lipinski definition) is 7. The molecule has 1 saturated heterocycles. The Morgan fingerprint density at radius 3 is 2.31 bits per heavy atom. The van der Waals surface area contributed by atoms with Gasteiger partial charge in [-0.25, -0.2) is 4.39 Å². The lowest BCUT2D eigenvalue weighted by molar-refractivity contribution is -0.132. The Bertz CT molecular complexity index is 1300. The Hall–Kier alpha value is -4.21. The molecule has 9 nitrogen and oxygen atoms in total. The molecule has 2 heterocycles. The highest BCUT2D eigenvalue weighted by Gasteiger charge is 2.29. The minimum atomic E-state index is -0.588. The van der Waals surface area contributed by atoms with Crippen molar-refractivity contribution < 1.29 is 23.5 Å². The zero-order valence-corrected chi connectivity index (χ0v) is 22.8. The first-order chi connectivity index (χ1) is 18.9. The molecule has 2 amide bonds. The molecule has 1 aliphatic heterocycles. The van der Waals surface area contributed by atoms with Crippen molar-refractivity contribution in [2.45, 2.75) is 26.3 Å². The summed E-state index contributed by atoms with van der Waals surface area (Å²) in [7, 11) is 3.18. The number of benzene rings is 2. The van der Waals surface area contributed by atoms with E-state index in [9.17, 15) is 14.0 Å². The number of ether oxygens (including phenoxy) is 2. The number of carbonyl (C=O) groups excluding carboxylic acids is 2. The fraction of sp³-hybridized carbons (Fsp3) is 0.379. The summed E-state index contributed by atoms with van der Waals surface area (Å²) in [6.45, 7) is 5.85. The lowest BCUT2D eigenvalue weighted by Gasteiger charge is -2.37. The van der Waals surface area contributed by atoms with Crippen LogP contribution in [0, 0.1) is 5.82 Å². The molecule has 2 aromatic carbocycles. The van der Waals surface area contributed by atoms with Crippen LogP contribution >= 0.6 is 0 Å². The van der Waals surface area contributed by atoms with Crippen LogP contribution in [-0.4, -0.2) is 84.8 Å².